The minimum atomic E-state index is -0.168. The van der Waals surface area contributed by atoms with E-state index in [0.29, 0.717) is 18.4 Å². The summed E-state index contributed by atoms with van der Waals surface area (Å²) in [5.74, 6) is 0.454. The number of hydrogen-bond acceptors (Lipinski definition) is 5. The van der Waals surface area contributed by atoms with Crippen LogP contribution in [0.4, 0.5) is 0 Å². The van der Waals surface area contributed by atoms with Gasteiger partial charge in [0.25, 0.3) is 0 Å². The minimum Gasteiger partial charge on any atom is -0.356 e. The molecule has 8 heteroatoms. The Balaban J connectivity index is 1.27. The molecular formula is C24H33N5O3. The van der Waals surface area contributed by atoms with Crippen molar-refractivity contribution in [3.8, 4) is 0 Å². The number of rotatable bonds is 6. The second kappa shape index (κ2) is 9.00. The summed E-state index contributed by atoms with van der Waals surface area (Å²) in [4.78, 5) is 41.2. The van der Waals surface area contributed by atoms with Crippen molar-refractivity contribution in [3.05, 3.63) is 29.7 Å². The molecule has 0 aromatic carbocycles. The molecule has 4 rings (SSSR count). The van der Waals surface area contributed by atoms with Gasteiger partial charge in [0.1, 0.15) is 0 Å². The molecule has 1 aliphatic heterocycles. The van der Waals surface area contributed by atoms with Gasteiger partial charge in [0.15, 0.2) is 5.65 Å². The number of carbonyl (C=O) groups excluding carboxylic acids is 3. The lowest BCUT2D eigenvalue weighted by molar-refractivity contribution is -0.138. The fourth-order valence-electron chi connectivity index (χ4n) is 4.68. The quantitative estimate of drug-likeness (QED) is 0.698. The van der Waals surface area contributed by atoms with E-state index >= 15 is 0 Å². The molecule has 3 amide bonds. The minimum absolute atomic E-state index is 0.0177. The summed E-state index contributed by atoms with van der Waals surface area (Å²) in [6.07, 6.45) is 6.80. The van der Waals surface area contributed by atoms with Crippen LogP contribution in [0.5, 0.6) is 0 Å². The number of hydrogen-bond donors (Lipinski definition) is 1. The highest BCUT2D eigenvalue weighted by molar-refractivity contribution is 6.02. The molecule has 1 saturated carbocycles. The topological polar surface area (TPSA) is 96.7 Å². The van der Waals surface area contributed by atoms with E-state index in [-0.39, 0.29) is 48.9 Å². The van der Waals surface area contributed by atoms with Crippen LogP contribution in [0.25, 0.3) is 5.65 Å². The van der Waals surface area contributed by atoms with Crippen LogP contribution in [-0.2, 0) is 19.8 Å². The lowest BCUT2D eigenvalue weighted by Crippen LogP contribution is -2.36. The third kappa shape index (κ3) is 4.84. The van der Waals surface area contributed by atoms with Crippen LogP contribution in [0, 0.1) is 5.92 Å². The predicted octanol–water partition coefficient (Wildman–Crippen LogP) is 2.96. The molecule has 3 heterocycles. The fraction of sp³-hybridized carbons (Fsp3) is 0.625. The molecule has 2 aromatic rings. The highest BCUT2D eigenvalue weighted by atomic mass is 16.2. The van der Waals surface area contributed by atoms with Crippen LogP contribution < -0.4 is 5.32 Å². The van der Waals surface area contributed by atoms with Crippen molar-refractivity contribution in [1.82, 2.24) is 24.8 Å². The summed E-state index contributed by atoms with van der Waals surface area (Å²) >= 11 is 0. The smallest absolute Gasteiger partial charge is 0.229 e. The number of nitrogens with zero attached hydrogens (tertiary/aromatic N) is 4. The zero-order chi connectivity index (χ0) is 22.9. The molecule has 8 nitrogen and oxygen atoms in total. The molecule has 0 spiro atoms. The third-order valence-electron chi connectivity index (χ3n) is 6.73. The van der Waals surface area contributed by atoms with E-state index in [1.165, 1.54) is 10.6 Å². The van der Waals surface area contributed by atoms with Gasteiger partial charge in [-0.3, -0.25) is 19.3 Å². The zero-order valence-electron chi connectivity index (χ0n) is 19.3. The van der Waals surface area contributed by atoms with Gasteiger partial charge in [-0.05, 0) is 37.7 Å². The fourth-order valence-corrected chi connectivity index (χ4v) is 4.68. The third-order valence-corrected chi connectivity index (χ3v) is 6.73. The average molecular weight is 440 g/mol. The van der Waals surface area contributed by atoms with Crippen molar-refractivity contribution >= 4 is 23.4 Å². The van der Waals surface area contributed by atoms with Crippen LogP contribution in [0.1, 0.15) is 83.0 Å². The number of imide groups is 1. The van der Waals surface area contributed by atoms with Gasteiger partial charge in [0.05, 0.1) is 5.69 Å². The van der Waals surface area contributed by atoms with Gasteiger partial charge >= 0.3 is 0 Å². The van der Waals surface area contributed by atoms with Crippen molar-refractivity contribution < 1.29 is 14.4 Å². The van der Waals surface area contributed by atoms with E-state index in [9.17, 15) is 14.4 Å². The molecule has 0 radical (unpaired) electrons. The molecule has 2 aromatic heterocycles. The Hall–Kier alpha value is -2.77. The Labute approximate surface area is 188 Å². The number of fused-ring (bicyclic) bond motifs is 1. The SMILES string of the molecule is CC(C)(C)c1cc2nccc(C3CCC(CNC(=O)CCN4C(=O)CCC4=O)CC3)n2n1. The first-order valence-corrected chi connectivity index (χ1v) is 11.7. The van der Waals surface area contributed by atoms with Gasteiger partial charge in [-0.2, -0.15) is 5.10 Å². The highest BCUT2D eigenvalue weighted by Crippen LogP contribution is 2.36. The van der Waals surface area contributed by atoms with Crippen molar-refractivity contribution in [2.45, 2.75) is 77.0 Å². The molecule has 1 N–H and O–H groups in total. The van der Waals surface area contributed by atoms with Crippen molar-refractivity contribution in [3.63, 3.8) is 0 Å². The Morgan fingerprint density at radius 3 is 2.47 bits per heavy atom. The summed E-state index contributed by atoms with van der Waals surface area (Å²) in [7, 11) is 0. The highest BCUT2D eigenvalue weighted by Gasteiger charge is 2.29. The molecule has 172 valence electrons. The van der Waals surface area contributed by atoms with E-state index in [1.54, 1.807) is 0 Å². The predicted molar refractivity (Wildman–Crippen MR) is 120 cm³/mol. The first-order chi connectivity index (χ1) is 15.2. The van der Waals surface area contributed by atoms with Crippen molar-refractivity contribution in [2.75, 3.05) is 13.1 Å². The Bertz CT molecular complexity index is 998. The molecule has 32 heavy (non-hydrogen) atoms. The number of carbonyl (C=O) groups is 3. The summed E-state index contributed by atoms with van der Waals surface area (Å²) in [6, 6.07) is 4.16. The molecular weight excluding hydrogens is 406 g/mol. The van der Waals surface area contributed by atoms with Crippen LogP contribution in [0.2, 0.25) is 0 Å². The number of aromatic nitrogens is 3. The molecule has 0 unspecified atom stereocenters. The van der Waals surface area contributed by atoms with Crippen molar-refractivity contribution in [1.29, 1.82) is 0 Å². The lowest BCUT2D eigenvalue weighted by atomic mass is 9.80. The molecule has 2 aliphatic rings. The monoisotopic (exact) mass is 439 g/mol. The molecule has 1 aliphatic carbocycles. The van der Waals surface area contributed by atoms with Crippen LogP contribution in [0.3, 0.4) is 0 Å². The second-order valence-corrected chi connectivity index (χ2v) is 10.1. The Morgan fingerprint density at radius 1 is 1.12 bits per heavy atom. The first-order valence-electron chi connectivity index (χ1n) is 11.7. The summed E-state index contributed by atoms with van der Waals surface area (Å²) < 4.78 is 2.01. The summed E-state index contributed by atoms with van der Waals surface area (Å²) in [5.41, 5.74) is 3.15. The molecule has 2 fully saturated rings. The summed E-state index contributed by atoms with van der Waals surface area (Å²) in [6.45, 7) is 7.32. The number of amides is 3. The molecule has 0 bridgehead atoms. The van der Waals surface area contributed by atoms with Gasteiger partial charge in [-0.25, -0.2) is 9.50 Å². The Kier molecular flexibility index (Phi) is 6.31. The van der Waals surface area contributed by atoms with Crippen LogP contribution in [-0.4, -0.2) is 50.3 Å². The number of nitrogens with one attached hydrogen (secondary N) is 1. The normalized spacial score (nSPS) is 22.0. The van der Waals surface area contributed by atoms with Gasteiger partial charge in [0, 0.05) is 61.6 Å². The number of likely N-dealkylation sites (tertiary alicyclic amines) is 1. The van der Waals surface area contributed by atoms with Gasteiger partial charge in [-0.1, -0.05) is 20.8 Å². The van der Waals surface area contributed by atoms with Gasteiger partial charge in [-0.15, -0.1) is 0 Å². The standard InChI is InChI=1S/C24H33N5O3/c1-24(2,3)19-14-20-25-12-10-18(29(20)27-19)17-6-4-16(5-7-17)15-26-21(30)11-13-28-22(31)8-9-23(28)32/h10,12,14,16-17H,4-9,11,13,15H2,1-3H3,(H,26,30). The maximum absolute atomic E-state index is 12.2. The van der Waals surface area contributed by atoms with Gasteiger partial charge < -0.3 is 5.32 Å². The maximum Gasteiger partial charge on any atom is 0.229 e. The van der Waals surface area contributed by atoms with Crippen LogP contribution in [0.15, 0.2) is 18.3 Å². The summed E-state index contributed by atoms with van der Waals surface area (Å²) in [5, 5.41) is 7.84. The van der Waals surface area contributed by atoms with Crippen molar-refractivity contribution in [2.24, 2.45) is 5.92 Å². The van der Waals surface area contributed by atoms with E-state index in [4.69, 9.17) is 5.10 Å². The average Bonchev–Trinajstić information content (AvgIpc) is 3.34. The second-order valence-electron chi connectivity index (χ2n) is 10.1. The Morgan fingerprint density at radius 2 is 1.81 bits per heavy atom. The van der Waals surface area contributed by atoms with E-state index < -0.39 is 0 Å². The lowest BCUT2D eigenvalue weighted by Gasteiger charge is -2.29. The zero-order valence-corrected chi connectivity index (χ0v) is 19.3. The molecule has 1 saturated heterocycles. The van der Waals surface area contributed by atoms with E-state index in [1.807, 2.05) is 10.7 Å². The van der Waals surface area contributed by atoms with E-state index in [2.05, 4.69) is 43.2 Å². The molecule has 0 atom stereocenters. The maximum atomic E-state index is 12.2. The van der Waals surface area contributed by atoms with Crippen LogP contribution >= 0.6 is 0 Å². The van der Waals surface area contributed by atoms with E-state index in [0.717, 1.165) is 37.0 Å². The largest absolute Gasteiger partial charge is 0.356 e. The van der Waals surface area contributed by atoms with Gasteiger partial charge in [0.2, 0.25) is 17.7 Å². The first kappa shape index (κ1) is 22.4.